The molecule has 0 atom stereocenters. The maximum Gasteiger partial charge on any atom is 0.261 e. The minimum atomic E-state index is -0.230. The zero-order valence-electron chi connectivity index (χ0n) is 15.1. The van der Waals surface area contributed by atoms with Crippen LogP contribution < -0.4 is 5.56 Å². The number of aromatic amines is 1. The monoisotopic (exact) mass is 368 g/mol. The molecule has 4 rings (SSSR count). The molecule has 1 saturated heterocycles. The molecule has 1 aliphatic heterocycles. The molecule has 2 aliphatic rings. The van der Waals surface area contributed by atoms with Crippen LogP contribution in [-0.2, 0) is 12.8 Å². The zero-order chi connectivity index (χ0) is 18.1. The molecule has 2 heterocycles. The first-order valence-electron chi connectivity index (χ1n) is 9.38. The Hall–Kier alpha value is -2.01. The molecule has 1 aromatic heterocycles. The Balaban J connectivity index is 1.40. The molecule has 0 bridgehead atoms. The number of likely N-dealkylation sites (tertiary alicyclic amines) is 1. The van der Waals surface area contributed by atoms with E-state index in [-0.39, 0.29) is 11.5 Å². The van der Waals surface area contributed by atoms with E-state index in [9.17, 15) is 9.59 Å². The highest BCUT2D eigenvalue weighted by Crippen LogP contribution is 2.31. The normalized spacial score (nSPS) is 17.3. The van der Waals surface area contributed by atoms with Crippen molar-refractivity contribution in [2.45, 2.75) is 49.2 Å². The summed E-state index contributed by atoms with van der Waals surface area (Å²) >= 11 is 1.90. The van der Waals surface area contributed by atoms with Gasteiger partial charge in [-0.05, 0) is 62.8 Å². The van der Waals surface area contributed by atoms with Gasteiger partial charge in [-0.15, -0.1) is 11.8 Å². The molecular formula is C21H24N2O2S. The Morgan fingerprint density at radius 3 is 2.77 bits per heavy atom. The summed E-state index contributed by atoms with van der Waals surface area (Å²) in [6.07, 6.45) is 4.87. The lowest BCUT2D eigenvalue weighted by Crippen LogP contribution is -2.41. The fourth-order valence-electron chi connectivity index (χ4n) is 3.90. The molecule has 0 saturated carbocycles. The van der Waals surface area contributed by atoms with E-state index in [0.717, 1.165) is 56.5 Å². The summed E-state index contributed by atoms with van der Waals surface area (Å²) in [5, 5.41) is 0.527. The lowest BCUT2D eigenvalue weighted by Gasteiger charge is -2.31. The van der Waals surface area contributed by atoms with E-state index in [2.05, 4.69) is 36.2 Å². The molecule has 0 spiro atoms. The highest BCUT2D eigenvalue weighted by molar-refractivity contribution is 8.00. The molecule has 1 amide bonds. The topological polar surface area (TPSA) is 53.2 Å². The number of H-pyrrole nitrogens is 1. The first kappa shape index (κ1) is 17.4. The van der Waals surface area contributed by atoms with Gasteiger partial charge in [0.2, 0.25) is 0 Å². The van der Waals surface area contributed by atoms with Crippen molar-refractivity contribution in [3.63, 3.8) is 0 Å². The van der Waals surface area contributed by atoms with E-state index >= 15 is 0 Å². The van der Waals surface area contributed by atoms with Gasteiger partial charge in [0.05, 0.1) is 0 Å². The molecule has 1 aromatic carbocycles. The number of carbonyl (C=O) groups is 1. The average Bonchev–Trinajstić information content (AvgIpc) is 3.08. The van der Waals surface area contributed by atoms with Crippen molar-refractivity contribution in [2.75, 3.05) is 13.1 Å². The van der Waals surface area contributed by atoms with E-state index in [4.69, 9.17) is 0 Å². The van der Waals surface area contributed by atoms with Crippen molar-refractivity contribution >= 4 is 17.7 Å². The number of nitrogens with one attached hydrogen (secondary N) is 1. The highest BCUT2D eigenvalue weighted by atomic mass is 32.2. The molecule has 1 N–H and O–H groups in total. The molecule has 0 unspecified atom stereocenters. The van der Waals surface area contributed by atoms with E-state index in [1.54, 1.807) is 0 Å². The van der Waals surface area contributed by atoms with Gasteiger partial charge in [0.15, 0.2) is 0 Å². The number of thioether (sulfide) groups is 1. The van der Waals surface area contributed by atoms with E-state index in [1.807, 2.05) is 22.7 Å². The van der Waals surface area contributed by atoms with Gasteiger partial charge in [-0.2, -0.15) is 0 Å². The Bertz CT molecular complexity index is 882. The summed E-state index contributed by atoms with van der Waals surface area (Å²) in [5.74, 6) is -0.111. The average molecular weight is 369 g/mol. The maximum atomic E-state index is 12.8. The largest absolute Gasteiger partial charge is 0.338 e. The molecule has 136 valence electrons. The van der Waals surface area contributed by atoms with Crippen LogP contribution in [0.1, 0.15) is 46.4 Å². The van der Waals surface area contributed by atoms with Crippen LogP contribution in [0.5, 0.6) is 0 Å². The third-order valence-corrected chi connectivity index (χ3v) is 6.67. The summed E-state index contributed by atoms with van der Waals surface area (Å²) in [5.41, 5.74) is 3.51. The van der Waals surface area contributed by atoms with E-state index in [1.165, 1.54) is 10.5 Å². The summed E-state index contributed by atoms with van der Waals surface area (Å²) in [6.45, 7) is 3.55. The lowest BCUT2D eigenvalue weighted by atomic mass is 10.1. The second-order valence-corrected chi connectivity index (χ2v) is 8.67. The number of fused-ring (bicyclic) bond motifs is 1. The van der Waals surface area contributed by atoms with Gasteiger partial charge < -0.3 is 9.88 Å². The maximum absolute atomic E-state index is 12.8. The number of hydrogen-bond acceptors (Lipinski definition) is 3. The molecule has 1 aliphatic carbocycles. The van der Waals surface area contributed by atoms with Crippen molar-refractivity contribution in [3.8, 4) is 0 Å². The van der Waals surface area contributed by atoms with E-state index in [0.29, 0.717) is 10.8 Å². The molecule has 0 radical (unpaired) electrons. The number of carbonyl (C=O) groups excluding carboxylic acids is 1. The summed E-state index contributed by atoms with van der Waals surface area (Å²) in [4.78, 5) is 31.2. The Morgan fingerprint density at radius 2 is 2.00 bits per heavy atom. The molecule has 2 aromatic rings. The number of pyridine rings is 1. The summed E-state index contributed by atoms with van der Waals surface area (Å²) in [7, 11) is 0. The van der Waals surface area contributed by atoms with Gasteiger partial charge in [-0.3, -0.25) is 9.59 Å². The van der Waals surface area contributed by atoms with Crippen LogP contribution in [-0.4, -0.2) is 34.1 Å². The molecule has 4 nitrogen and oxygen atoms in total. The van der Waals surface area contributed by atoms with Gasteiger partial charge in [0.1, 0.15) is 5.56 Å². The Kier molecular flexibility index (Phi) is 4.90. The SMILES string of the molecule is Cc1cccc(SC2CCN(C(=O)c3cc4c([nH]c3=O)CCC4)CC2)c1. The third-order valence-electron chi connectivity index (χ3n) is 5.34. The smallest absolute Gasteiger partial charge is 0.261 e. The van der Waals surface area contributed by atoms with Crippen LogP contribution >= 0.6 is 11.8 Å². The van der Waals surface area contributed by atoms with Crippen molar-refractivity contribution in [2.24, 2.45) is 0 Å². The minimum absolute atomic E-state index is 0.111. The van der Waals surface area contributed by atoms with Gasteiger partial charge in [0, 0.05) is 28.9 Å². The van der Waals surface area contributed by atoms with Crippen molar-refractivity contribution < 1.29 is 4.79 Å². The Morgan fingerprint density at radius 1 is 1.19 bits per heavy atom. The number of rotatable bonds is 3. The first-order valence-corrected chi connectivity index (χ1v) is 10.3. The van der Waals surface area contributed by atoms with Crippen LogP contribution in [0.4, 0.5) is 0 Å². The molecular weight excluding hydrogens is 344 g/mol. The second kappa shape index (κ2) is 7.31. The first-order chi connectivity index (χ1) is 12.6. The quantitative estimate of drug-likeness (QED) is 0.901. The second-order valence-electron chi connectivity index (χ2n) is 7.30. The number of aromatic nitrogens is 1. The minimum Gasteiger partial charge on any atom is -0.338 e. The number of hydrogen-bond donors (Lipinski definition) is 1. The fourth-order valence-corrected chi connectivity index (χ4v) is 5.14. The third kappa shape index (κ3) is 3.58. The highest BCUT2D eigenvalue weighted by Gasteiger charge is 2.27. The van der Waals surface area contributed by atoms with Gasteiger partial charge >= 0.3 is 0 Å². The number of nitrogens with zero attached hydrogens (tertiary/aromatic N) is 1. The van der Waals surface area contributed by atoms with Crippen LogP contribution in [0.15, 0.2) is 40.0 Å². The van der Waals surface area contributed by atoms with Gasteiger partial charge in [-0.1, -0.05) is 17.7 Å². The zero-order valence-corrected chi connectivity index (χ0v) is 15.9. The standard InChI is InChI=1S/C21H24N2O2S/c1-14-4-2-6-17(12-14)26-16-8-10-23(11-9-16)21(25)18-13-15-5-3-7-19(15)22-20(18)24/h2,4,6,12-13,16H,3,5,7-11H2,1H3,(H,22,24). The number of aryl methyl sites for hydroxylation is 3. The van der Waals surface area contributed by atoms with Gasteiger partial charge in [-0.25, -0.2) is 0 Å². The number of benzene rings is 1. The summed E-state index contributed by atoms with van der Waals surface area (Å²) in [6, 6.07) is 10.4. The predicted octanol–water partition coefficient (Wildman–Crippen LogP) is 3.57. The molecule has 5 heteroatoms. The predicted molar refractivity (Wildman–Crippen MR) is 105 cm³/mol. The fraction of sp³-hybridized carbons (Fsp3) is 0.429. The van der Waals surface area contributed by atoms with Crippen LogP contribution in [0.2, 0.25) is 0 Å². The van der Waals surface area contributed by atoms with Crippen LogP contribution in [0.3, 0.4) is 0 Å². The van der Waals surface area contributed by atoms with Crippen molar-refractivity contribution in [3.05, 3.63) is 63.1 Å². The van der Waals surface area contributed by atoms with Crippen LogP contribution in [0.25, 0.3) is 0 Å². The number of amides is 1. The summed E-state index contributed by atoms with van der Waals surface area (Å²) < 4.78 is 0. The van der Waals surface area contributed by atoms with E-state index < -0.39 is 0 Å². The van der Waals surface area contributed by atoms with Crippen molar-refractivity contribution in [1.29, 1.82) is 0 Å². The van der Waals surface area contributed by atoms with Crippen LogP contribution in [0, 0.1) is 6.92 Å². The molecule has 1 fully saturated rings. The number of piperidine rings is 1. The lowest BCUT2D eigenvalue weighted by molar-refractivity contribution is 0.0725. The molecule has 26 heavy (non-hydrogen) atoms. The van der Waals surface area contributed by atoms with Crippen molar-refractivity contribution in [1.82, 2.24) is 9.88 Å². The Labute approximate surface area is 158 Å². The van der Waals surface area contributed by atoms with Gasteiger partial charge in [0.25, 0.3) is 11.5 Å².